The third-order valence-electron chi connectivity index (χ3n) is 3.89. The van der Waals surface area contributed by atoms with Crippen LogP contribution in [-0.2, 0) is 9.59 Å². The van der Waals surface area contributed by atoms with Gasteiger partial charge in [0.25, 0.3) is 5.91 Å². The largest absolute Gasteiger partial charge is 0.326 e. The molecule has 2 rings (SSSR count). The molecule has 2 atom stereocenters. The lowest BCUT2D eigenvalue weighted by molar-refractivity contribution is -0.147. The summed E-state index contributed by atoms with van der Waals surface area (Å²) in [5, 5.41) is 2.75. The molecule has 0 spiro atoms. The van der Waals surface area contributed by atoms with Gasteiger partial charge in [-0.3, -0.25) is 14.5 Å². The molecular weight excluding hydrogens is 246 g/mol. The number of likely N-dealkylation sites (N-methyl/N-ethyl adjacent to an activating group) is 1. The molecule has 0 bridgehead atoms. The molecule has 106 valence electrons. The summed E-state index contributed by atoms with van der Waals surface area (Å²) in [6.45, 7) is 3.60. The Hall–Kier alpha value is -1.59. The van der Waals surface area contributed by atoms with Crippen molar-refractivity contribution in [2.45, 2.75) is 38.6 Å². The van der Waals surface area contributed by atoms with Gasteiger partial charge in [0.05, 0.1) is 0 Å². The number of amides is 4. The molecule has 6 heteroatoms. The van der Waals surface area contributed by atoms with Gasteiger partial charge in [0.1, 0.15) is 6.04 Å². The summed E-state index contributed by atoms with van der Waals surface area (Å²) >= 11 is 0. The first kappa shape index (κ1) is 13.8. The predicted octanol–water partition coefficient (Wildman–Crippen LogP) is 0.575. The summed E-state index contributed by atoms with van der Waals surface area (Å²) in [5.74, 6) is 0.0163. The number of imide groups is 1. The van der Waals surface area contributed by atoms with E-state index >= 15 is 0 Å². The first-order valence-electron chi connectivity index (χ1n) is 6.85. The van der Waals surface area contributed by atoms with E-state index in [1.807, 2.05) is 0 Å². The van der Waals surface area contributed by atoms with Crippen LogP contribution in [0.15, 0.2) is 0 Å². The van der Waals surface area contributed by atoms with Gasteiger partial charge < -0.3 is 10.2 Å². The summed E-state index contributed by atoms with van der Waals surface area (Å²) < 4.78 is 0. The van der Waals surface area contributed by atoms with Crippen LogP contribution in [0.1, 0.15) is 32.6 Å². The molecule has 0 aromatic heterocycles. The molecule has 2 aliphatic rings. The van der Waals surface area contributed by atoms with Gasteiger partial charge in [0.15, 0.2) is 0 Å². The standard InChI is InChI=1S/C13H21N3O3/c1-9-4-3-7-16(8-9)13(19)14-10-5-6-11(17)15(2)12(10)18/h9-10H,3-8H2,1-2H3,(H,14,19). The van der Waals surface area contributed by atoms with Gasteiger partial charge >= 0.3 is 6.03 Å². The Bertz CT molecular complexity index is 397. The number of hydrogen-bond acceptors (Lipinski definition) is 3. The van der Waals surface area contributed by atoms with Gasteiger partial charge in [-0.1, -0.05) is 6.92 Å². The van der Waals surface area contributed by atoms with Gasteiger partial charge in [0.2, 0.25) is 5.91 Å². The molecule has 2 fully saturated rings. The summed E-state index contributed by atoms with van der Waals surface area (Å²) in [5.41, 5.74) is 0. The number of hydrogen-bond donors (Lipinski definition) is 1. The maximum atomic E-state index is 12.1. The fourth-order valence-corrected chi connectivity index (χ4v) is 2.66. The quantitative estimate of drug-likeness (QED) is 0.706. The highest BCUT2D eigenvalue weighted by Gasteiger charge is 2.34. The van der Waals surface area contributed by atoms with Crippen molar-refractivity contribution in [2.75, 3.05) is 20.1 Å². The molecule has 2 unspecified atom stereocenters. The topological polar surface area (TPSA) is 69.7 Å². The zero-order valence-corrected chi connectivity index (χ0v) is 11.5. The lowest BCUT2D eigenvalue weighted by atomic mass is 10.0. The molecule has 2 heterocycles. The normalized spacial score (nSPS) is 28.5. The Kier molecular flexibility index (Phi) is 4.07. The summed E-state index contributed by atoms with van der Waals surface area (Å²) in [6, 6.07) is -0.750. The number of carbonyl (C=O) groups is 3. The molecule has 19 heavy (non-hydrogen) atoms. The number of nitrogens with one attached hydrogen (secondary N) is 1. The zero-order valence-electron chi connectivity index (χ0n) is 11.5. The molecule has 0 aliphatic carbocycles. The molecule has 2 saturated heterocycles. The Balaban J connectivity index is 1.91. The Labute approximate surface area is 113 Å². The summed E-state index contributed by atoms with van der Waals surface area (Å²) in [4.78, 5) is 38.2. The van der Waals surface area contributed by atoms with Crippen LogP contribution in [0.5, 0.6) is 0 Å². The highest BCUT2D eigenvalue weighted by Crippen LogP contribution is 2.16. The molecule has 0 aromatic rings. The number of likely N-dealkylation sites (tertiary alicyclic amines) is 2. The van der Waals surface area contributed by atoms with E-state index in [1.165, 1.54) is 7.05 Å². The minimum absolute atomic E-state index is 0.179. The van der Waals surface area contributed by atoms with Gasteiger partial charge in [-0.05, 0) is 25.2 Å². The maximum Gasteiger partial charge on any atom is 0.318 e. The van der Waals surface area contributed by atoms with Crippen molar-refractivity contribution < 1.29 is 14.4 Å². The van der Waals surface area contributed by atoms with Crippen LogP contribution in [-0.4, -0.2) is 53.8 Å². The van der Waals surface area contributed by atoms with Crippen LogP contribution < -0.4 is 5.32 Å². The van der Waals surface area contributed by atoms with E-state index in [-0.39, 0.29) is 17.8 Å². The van der Waals surface area contributed by atoms with Crippen molar-refractivity contribution >= 4 is 17.8 Å². The SMILES string of the molecule is CC1CCCN(C(=O)NC2CCC(=O)N(C)C2=O)C1. The lowest BCUT2D eigenvalue weighted by Gasteiger charge is -2.34. The van der Waals surface area contributed by atoms with Crippen molar-refractivity contribution in [3.8, 4) is 0 Å². The van der Waals surface area contributed by atoms with Gasteiger partial charge in [-0.2, -0.15) is 0 Å². The van der Waals surface area contributed by atoms with Crippen molar-refractivity contribution in [1.82, 2.24) is 15.1 Å². The number of carbonyl (C=O) groups excluding carboxylic acids is 3. The third kappa shape index (κ3) is 3.05. The Morgan fingerprint density at radius 3 is 2.74 bits per heavy atom. The van der Waals surface area contributed by atoms with E-state index < -0.39 is 6.04 Å². The summed E-state index contributed by atoms with van der Waals surface area (Å²) in [7, 11) is 1.46. The van der Waals surface area contributed by atoms with E-state index in [1.54, 1.807) is 4.90 Å². The van der Waals surface area contributed by atoms with Crippen LogP contribution in [0.3, 0.4) is 0 Å². The average molecular weight is 267 g/mol. The first-order chi connectivity index (χ1) is 8.99. The monoisotopic (exact) mass is 267 g/mol. The smallest absolute Gasteiger partial charge is 0.318 e. The fraction of sp³-hybridized carbons (Fsp3) is 0.769. The second-order valence-electron chi connectivity index (χ2n) is 5.53. The molecule has 0 saturated carbocycles. The van der Waals surface area contributed by atoms with Gasteiger partial charge in [-0.25, -0.2) is 4.79 Å². The Morgan fingerprint density at radius 1 is 1.32 bits per heavy atom. The minimum Gasteiger partial charge on any atom is -0.326 e. The van der Waals surface area contributed by atoms with Crippen molar-refractivity contribution in [1.29, 1.82) is 0 Å². The first-order valence-corrected chi connectivity index (χ1v) is 6.85. The van der Waals surface area contributed by atoms with Crippen LogP contribution in [0.25, 0.3) is 0 Å². The van der Waals surface area contributed by atoms with Crippen LogP contribution >= 0.6 is 0 Å². The molecule has 0 aromatic carbocycles. The maximum absolute atomic E-state index is 12.1. The summed E-state index contributed by atoms with van der Waals surface area (Å²) in [6.07, 6.45) is 2.86. The molecular formula is C13H21N3O3. The second-order valence-corrected chi connectivity index (χ2v) is 5.53. The fourth-order valence-electron chi connectivity index (χ4n) is 2.66. The van der Waals surface area contributed by atoms with E-state index in [0.29, 0.717) is 18.8 Å². The van der Waals surface area contributed by atoms with Crippen LogP contribution in [0, 0.1) is 5.92 Å². The van der Waals surface area contributed by atoms with Crippen molar-refractivity contribution in [3.05, 3.63) is 0 Å². The zero-order chi connectivity index (χ0) is 14.0. The highest BCUT2D eigenvalue weighted by atomic mass is 16.2. The number of piperidine rings is 2. The van der Waals surface area contributed by atoms with Crippen molar-refractivity contribution in [3.63, 3.8) is 0 Å². The second kappa shape index (κ2) is 5.59. The van der Waals surface area contributed by atoms with E-state index in [9.17, 15) is 14.4 Å². The van der Waals surface area contributed by atoms with E-state index in [2.05, 4.69) is 12.2 Å². The number of rotatable bonds is 1. The molecule has 1 N–H and O–H groups in total. The Morgan fingerprint density at radius 2 is 2.05 bits per heavy atom. The van der Waals surface area contributed by atoms with Crippen LogP contribution in [0.2, 0.25) is 0 Å². The van der Waals surface area contributed by atoms with Gasteiger partial charge in [0, 0.05) is 26.6 Å². The molecule has 0 radical (unpaired) electrons. The third-order valence-corrected chi connectivity index (χ3v) is 3.89. The van der Waals surface area contributed by atoms with Crippen molar-refractivity contribution in [2.24, 2.45) is 5.92 Å². The lowest BCUT2D eigenvalue weighted by Crippen LogP contribution is -2.56. The number of urea groups is 1. The highest BCUT2D eigenvalue weighted by molar-refractivity contribution is 6.01. The number of nitrogens with zero attached hydrogens (tertiary/aromatic N) is 2. The molecule has 6 nitrogen and oxygen atoms in total. The van der Waals surface area contributed by atoms with E-state index in [4.69, 9.17) is 0 Å². The molecule has 2 aliphatic heterocycles. The van der Waals surface area contributed by atoms with Crippen LogP contribution in [0.4, 0.5) is 4.79 Å². The average Bonchev–Trinajstić information content (AvgIpc) is 2.39. The minimum atomic E-state index is -0.563. The predicted molar refractivity (Wildman–Crippen MR) is 69.3 cm³/mol. The van der Waals surface area contributed by atoms with E-state index in [0.717, 1.165) is 30.8 Å². The van der Waals surface area contributed by atoms with Gasteiger partial charge in [-0.15, -0.1) is 0 Å². The molecule has 4 amide bonds.